The topological polar surface area (TPSA) is 97.5 Å². The van der Waals surface area contributed by atoms with Crippen LogP contribution in [0.5, 0.6) is 0 Å². The molecule has 6 nitrogen and oxygen atoms in total. The van der Waals surface area contributed by atoms with E-state index in [1.807, 2.05) is 0 Å². The van der Waals surface area contributed by atoms with Crippen LogP contribution in [0.1, 0.15) is 32.1 Å². The minimum Gasteiger partial charge on any atom is -0.329 e. The Kier molecular flexibility index (Phi) is 5.57. The standard InChI is InChI=1S/C10H22N2O4S2/c1-17(13,14)9-18(15,16)12(8-7-11)10-5-3-2-4-6-10/h10H,2-9,11H2,1H3. The predicted octanol–water partition coefficient (Wildman–Crippen LogP) is -0.0883. The lowest BCUT2D eigenvalue weighted by atomic mass is 9.95. The van der Waals surface area contributed by atoms with Crippen LogP contribution in [0.25, 0.3) is 0 Å². The normalized spacial score (nSPS) is 19.3. The molecular formula is C10H22N2O4S2. The third-order valence-corrected chi connectivity index (χ3v) is 7.15. The Morgan fingerprint density at radius 1 is 1.11 bits per heavy atom. The number of nitrogens with two attached hydrogens (primary N) is 1. The van der Waals surface area contributed by atoms with Crippen LogP contribution in [-0.4, -0.2) is 51.6 Å². The highest BCUT2D eigenvalue weighted by Gasteiger charge is 2.32. The van der Waals surface area contributed by atoms with Crippen LogP contribution in [0.3, 0.4) is 0 Å². The van der Waals surface area contributed by atoms with Gasteiger partial charge in [0.15, 0.2) is 14.9 Å². The summed E-state index contributed by atoms with van der Waals surface area (Å²) in [5.74, 6) is 0. The fraction of sp³-hybridized carbons (Fsp3) is 1.00. The maximum Gasteiger partial charge on any atom is 0.228 e. The molecule has 0 spiro atoms. The second-order valence-corrected chi connectivity index (χ2v) is 9.27. The average Bonchev–Trinajstić information content (AvgIpc) is 2.23. The summed E-state index contributed by atoms with van der Waals surface area (Å²) >= 11 is 0. The van der Waals surface area contributed by atoms with Gasteiger partial charge in [-0.25, -0.2) is 16.8 Å². The highest BCUT2D eigenvalue weighted by Crippen LogP contribution is 2.25. The van der Waals surface area contributed by atoms with E-state index in [0.29, 0.717) is 0 Å². The predicted molar refractivity (Wildman–Crippen MR) is 71.3 cm³/mol. The van der Waals surface area contributed by atoms with Crippen molar-refractivity contribution in [3.63, 3.8) is 0 Å². The monoisotopic (exact) mass is 298 g/mol. The van der Waals surface area contributed by atoms with E-state index in [-0.39, 0.29) is 19.1 Å². The smallest absolute Gasteiger partial charge is 0.228 e. The number of hydrogen-bond donors (Lipinski definition) is 1. The minimum atomic E-state index is -3.78. The maximum atomic E-state index is 12.1. The van der Waals surface area contributed by atoms with Crippen molar-refractivity contribution in [2.45, 2.75) is 38.1 Å². The van der Waals surface area contributed by atoms with Gasteiger partial charge < -0.3 is 5.73 Å². The quantitative estimate of drug-likeness (QED) is 0.739. The summed E-state index contributed by atoms with van der Waals surface area (Å²) in [7, 11) is -7.33. The first-order valence-electron chi connectivity index (χ1n) is 6.13. The van der Waals surface area contributed by atoms with Crippen LogP contribution in [0.15, 0.2) is 0 Å². The van der Waals surface area contributed by atoms with Gasteiger partial charge in [-0.1, -0.05) is 19.3 Å². The molecule has 0 aromatic rings. The molecule has 1 rings (SSSR count). The highest BCUT2D eigenvalue weighted by molar-refractivity contribution is 8.06. The van der Waals surface area contributed by atoms with Crippen LogP contribution in [0.2, 0.25) is 0 Å². The lowest BCUT2D eigenvalue weighted by Crippen LogP contribution is -2.46. The zero-order chi connectivity index (χ0) is 13.8. The molecule has 2 N–H and O–H groups in total. The Morgan fingerprint density at radius 2 is 1.67 bits per heavy atom. The summed E-state index contributed by atoms with van der Waals surface area (Å²) in [6.45, 7) is 0.405. The molecule has 0 radical (unpaired) electrons. The molecule has 1 aliphatic rings. The lowest BCUT2D eigenvalue weighted by molar-refractivity contribution is 0.258. The van der Waals surface area contributed by atoms with Crippen molar-refractivity contribution >= 4 is 19.9 Å². The first-order valence-corrected chi connectivity index (χ1v) is 9.80. The molecule has 0 amide bonds. The number of sulfone groups is 1. The maximum absolute atomic E-state index is 12.1. The first kappa shape index (κ1) is 15.9. The molecule has 0 aromatic carbocycles. The largest absolute Gasteiger partial charge is 0.329 e. The van der Waals surface area contributed by atoms with E-state index in [1.54, 1.807) is 0 Å². The molecule has 108 valence electrons. The van der Waals surface area contributed by atoms with Gasteiger partial charge in [0.05, 0.1) is 0 Å². The lowest BCUT2D eigenvalue weighted by Gasteiger charge is -2.32. The zero-order valence-corrected chi connectivity index (χ0v) is 12.3. The Morgan fingerprint density at radius 3 is 2.11 bits per heavy atom. The van der Waals surface area contributed by atoms with Crippen LogP contribution in [0.4, 0.5) is 0 Å². The van der Waals surface area contributed by atoms with Crippen molar-refractivity contribution in [1.29, 1.82) is 0 Å². The van der Waals surface area contributed by atoms with Crippen LogP contribution in [-0.2, 0) is 19.9 Å². The molecule has 0 saturated heterocycles. The first-order chi connectivity index (χ1) is 8.26. The van der Waals surface area contributed by atoms with Crippen LogP contribution in [0, 0.1) is 0 Å². The molecule has 0 aliphatic heterocycles. The third-order valence-electron chi connectivity index (χ3n) is 3.05. The van der Waals surface area contributed by atoms with Crippen LogP contribution < -0.4 is 5.73 Å². The molecule has 1 fully saturated rings. The average molecular weight is 298 g/mol. The molecule has 18 heavy (non-hydrogen) atoms. The number of sulfonamides is 1. The van der Waals surface area contributed by atoms with E-state index in [9.17, 15) is 16.8 Å². The Balaban J connectivity index is 2.89. The van der Waals surface area contributed by atoms with Crippen molar-refractivity contribution < 1.29 is 16.8 Å². The van der Waals surface area contributed by atoms with Gasteiger partial charge in [0.1, 0.15) is 0 Å². The third kappa shape index (κ3) is 4.83. The second kappa shape index (κ2) is 6.31. The van der Waals surface area contributed by atoms with E-state index >= 15 is 0 Å². The molecule has 1 aliphatic carbocycles. The van der Waals surface area contributed by atoms with Gasteiger partial charge >= 0.3 is 0 Å². The van der Waals surface area contributed by atoms with Gasteiger partial charge in [-0.05, 0) is 12.8 Å². The summed E-state index contributed by atoms with van der Waals surface area (Å²) in [4.78, 5) is 0. The summed E-state index contributed by atoms with van der Waals surface area (Å²) in [6, 6.07) is -0.0888. The molecule has 0 aromatic heterocycles. The summed E-state index contributed by atoms with van der Waals surface area (Å²) < 4.78 is 48.0. The number of hydrogen-bond acceptors (Lipinski definition) is 5. The van der Waals surface area contributed by atoms with Crippen molar-refractivity contribution in [3.05, 3.63) is 0 Å². The zero-order valence-electron chi connectivity index (χ0n) is 10.7. The molecular weight excluding hydrogens is 276 g/mol. The van der Waals surface area contributed by atoms with Crippen molar-refractivity contribution in [2.75, 3.05) is 24.4 Å². The minimum absolute atomic E-state index is 0.0888. The van der Waals surface area contributed by atoms with Crippen molar-refractivity contribution in [3.8, 4) is 0 Å². The highest BCUT2D eigenvalue weighted by atomic mass is 32.3. The summed E-state index contributed by atoms with van der Waals surface area (Å²) in [6.07, 6.45) is 5.61. The molecule has 0 atom stereocenters. The number of rotatable bonds is 6. The summed E-state index contributed by atoms with van der Waals surface area (Å²) in [5, 5.41) is -0.823. The van der Waals surface area contributed by atoms with Gasteiger partial charge in [-0.2, -0.15) is 4.31 Å². The van der Waals surface area contributed by atoms with Crippen molar-refractivity contribution in [1.82, 2.24) is 4.31 Å². The van der Waals surface area contributed by atoms with E-state index in [4.69, 9.17) is 5.73 Å². The summed E-state index contributed by atoms with van der Waals surface area (Å²) in [5.41, 5.74) is 5.44. The van der Waals surface area contributed by atoms with Gasteiger partial charge in [0.25, 0.3) is 0 Å². The molecule has 8 heteroatoms. The molecule has 0 bridgehead atoms. The molecule has 0 unspecified atom stereocenters. The number of nitrogens with zero attached hydrogens (tertiary/aromatic N) is 1. The molecule has 1 saturated carbocycles. The fourth-order valence-electron chi connectivity index (χ4n) is 2.38. The Hall–Kier alpha value is -0.180. The van der Waals surface area contributed by atoms with E-state index in [2.05, 4.69) is 0 Å². The SMILES string of the molecule is CS(=O)(=O)CS(=O)(=O)N(CCN)C1CCCCC1. The van der Waals surface area contributed by atoms with Gasteiger partial charge in [0, 0.05) is 25.4 Å². The van der Waals surface area contributed by atoms with Gasteiger partial charge in [-0.15, -0.1) is 0 Å². The van der Waals surface area contributed by atoms with E-state index < -0.39 is 24.9 Å². The van der Waals surface area contributed by atoms with Crippen LogP contribution >= 0.6 is 0 Å². The van der Waals surface area contributed by atoms with Gasteiger partial charge in [0.2, 0.25) is 10.0 Å². The molecule has 0 heterocycles. The fourth-order valence-corrected chi connectivity index (χ4v) is 6.14. The Labute approximate surface area is 110 Å². The van der Waals surface area contributed by atoms with Crippen molar-refractivity contribution in [2.24, 2.45) is 5.73 Å². The van der Waals surface area contributed by atoms with E-state index in [1.165, 1.54) is 4.31 Å². The second-order valence-electron chi connectivity index (χ2n) is 4.85. The Bertz CT molecular complexity index is 452. The van der Waals surface area contributed by atoms with Gasteiger partial charge in [-0.3, -0.25) is 0 Å². The van der Waals surface area contributed by atoms with E-state index in [0.717, 1.165) is 38.4 Å².